The van der Waals surface area contributed by atoms with Gasteiger partial charge in [0.05, 0.1) is 24.4 Å². The molecule has 0 aliphatic carbocycles. The van der Waals surface area contributed by atoms with Gasteiger partial charge in [-0.15, -0.1) is 0 Å². The molecule has 0 bridgehead atoms. The first-order chi connectivity index (χ1) is 7.52. The van der Waals surface area contributed by atoms with Crippen LogP contribution in [0, 0.1) is 0 Å². The van der Waals surface area contributed by atoms with Crippen molar-refractivity contribution >= 4 is 5.69 Å². The van der Waals surface area contributed by atoms with Gasteiger partial charge in [0.25, 0.3) is 0 Å². The molecule has 1 aromatic rings. The molecule has 64 valence electrons. The van der Waals surface area contributed by atoms with Crippen LogP contribution in [0.15, 0.2) is 24.2 Å². The smallest absolute Gasteiger partial charge is 0.145 e. The van der Waals surface area contributed by atoms with E-state index in [1.54, 1.807) is 0 Å². The summed E-state index contributed by atoms with van der Waals surface area (Å²) in [6.07, 6.45) is -0.179. The van der Waals surface area contributed by atoms with E-state index in [0.29, 0.717) is 13.2 Å². The van der Waals surface area contributed by atoms with Crippen molar-refractivity contribution in [2.45, 2.75) is 6.10 Å². The van der Waals surface area contributed by atoms with Gasteiger partial charge in [0.15, 0.2) is 0 Å². The third-order valence-corrected chi connectivity index (χ3v) is 1.57. The largest absolute Gasteiger partial charge is 0.483 e. The first-order valence-corrected chi connectivity index (χ1v) is 3.62. The second-order valence-electron chi connectivity index (χ2n) is 2.52. The number of nitrogens with two attached hydrogens (primary N) is 1. The first kappa shape index (κ1) is 4.14. The predicted octanol–water partition coefficient (Wildman–Crippen LogP) is 1.05. The van der Waals surface area contributed by atoms with Crippen molar-refractivity contribution in [1.29, 1.82) is 0 Å². The van der Waals surface area contributed by atoms with Crippen LogP contribution in [-0.2, 0) is 4.74 Å². The van der Waals surface area contributed by atoms with E-state index < -0.39 is 0 Å². The lowest BCUT2D eigenvalue weighted by molar-refractivity contribution is -0.0793. The molecule has 2 N–H and O–H groups in total. The van der Waals surface area contributed by atoms with Crippen molar-refractivity contribution in [2.24, 2.45) is 0 Å². The molecule has 1 heterocycles. The quantitative estimate of drug-likeness (QED) is 0.673. The number of anilines is 1. The molecule has 0 radical (unpaired) electrons. The maximum atomic E-state index is 7.63. The Hall–Kier alpha value is -1.22. The van der Waals surface area contributed by atoms with Crippen LogP contribution in [0.25, 0.3) is 0 Å². The van der Waals surface area contributed by atoms with E-state index in [1.165, 1.54) is 0 Å². The second kappa shape index (κ2) is 3.03. The first-order valence-electron chi connectivity index (χ1n) is 5.62. The normalized spacial score (nSPS) is 21.7. The zero-order chi connectivity index (χ0) is 11.9. The van der Waals surface area contributed by atoms with Crippen molar-refractivity contribution in [1.82, 2.24) is 0 Å². The van der Waals surface area contributed by atoms with Crippen LogP contribution in [0.1, 0.15) is 5.48 Å². The van der Waals surface area contributed by atoms with E-state index >= 15 is 0 Å². The Balaban J connectivity index is 2.42. The van der Waals surface area contributed by atoms with Crippen molar-refractivity contribution in [3.63, 3.8) is 0 Å². The van der Waals surface area contributed by atoms with Crippen LogP contribution in [0.4, 0.5) is 5.69 Å². The van der Waals surface area contributed by atoms with Gasteiger partial charge in [-0.2, -0.15) is 0 Å². The minimum absolute atomic E-state index is 0.0132. The Morgan fingerprint density at radius 3 is 2.92 bits per heavy atom. The van der Waals surface area contributed by atoms with Crippen LogP contribution in [0.3, 0.4) is 0 Å². The van der Waals surface area contributed by atoms with Gasteiger partial charge in [-0.3, -0.25) is 0 Å². The standard InChI is InChI=1S/C9H11NO2/c10-8-3-1-2-4-9(8)12-7-5-11-6-7/h1-4,7H,5-6,10H2/i1D,2D,3D,4D. The highest BCUT2D eigenvalue weighted by Crippen LogP contribution is 2.22. The minimum Gasteiger partial charge on any atom is -0.483 e. The lowest BCUT2D eigenvalue weighted by atomic mass is 10.3. The van der Waals surface area contributed by atoms with E-state index in [2.05, 4.69) is 0 Å². The summed E-state index contributed by atoms with van der Waals surface area (Å²) in [5.74, 6) is 0.0132. The Labute approximate surface area is 76.7 Å². The molecule has 3 nitrogen and oxygen atoms in total. The summed E-state index contributed by atoms with van der Waals surface area (Å²) in [5.41, 5.74) is 5.55. The highest BCUT2D eigenvalue weighted by atomic mass is 16.6. The van der Waals surface area contributed by atoms with Gasteiger partial charge in [0.1, 0.15) is 11.9 Å². The Kier molecular flexibility index (Phi) is 1.04. The van der Waals surface area contributed by atoms with Crippen molar-refractivity contribution < 1.29 is 15.0 Å². The summed E-state index contributed by atoms with van der Waals surface area (Å²) in [6, 6.07) is -1.20. The molecule has 1 aliphatic heterocycles. The average molecular weight is 169 g/mol. The molecule has 1 aromatic carbocycles. The van der Waals surface area contributed by atoms with Gasteiger partial charge < -0.3 is 15.2 Å². The zero-order valence-electron chi connectivity index (χ0n) is 10.4. The van der Waals surface area contributed by atoms with E-state index in [9.17, 15) is 0 Å². The molecule has 2 rings (SSSR count). The van der Waals surface area contributed by atoms with Crippen molar-refractivity contribution in [3.8, 4) is 5.75 Å². The van der Waals surface area contributed by atoms with E-state index in [-0.39, 0.29) is 41.7 Å². The number of benzene rings is 1. The summed E-state index contributed by atoms with van der Waals surface area (Å²) in [5, 5.41) is 0. The minimum atomic E-state index is -0.347. The van der Waals surface area contributed by atoms with Crippen LogP contribution in [0.5, 0.6) is 5.75 Å². The van der Waals surface area contributed by atoms with E-state index in [1.807, 2.05) is 0 Å². The molecular weight excluding hydrogens is 154 g/mol. The van der Waals surface area contributed by atoms with Gasteiger partial charge in [-0.1, -0.05) is 12.1 Å². The molecule has 0 aromatic heterocycles. The summed E-state index contributed by atoms with van der Waals surface area (Å²) in [7, 11) is 0. The SMILES string of the molecule is [2H]c1c([2H])c([2H])c(OC2COC2)c(N)c1[2H]. The van der Waals surface area contributed by atoms with E-state index in [4.69, 9.17) is 20.7 Å². The van der Waals surface area contributed by atoms with Gasteiger partial charge in [0.2, 0.25) is 0 Å². The molecule has 12 heavy (non-hydrogen) atoms. The fourth-order valence-corrected chi connectivity index (χ4v) is 0.852. The van der Waals surface area contributed by atoms with Gasteiger partial charge in [-0.25, -0.2) is 0 Å². The predicted molar refractivity (Wildman–Crippen MR) is 46.1 cm³/mol. The third-order valence-electron chi connectivity index (χ3n) is 1.57. The molecule has 0 spiro atoms. The highest BCUT2D eigenvalue weighted by molar-refractivity contribution is 5.51. The Morgan fingerprint density at radius 2 is 2.25 bits per heavy atom. The Bertz CT molecular complexity index is 405. The maximum Gasteiger partial charge on any atom is 0.145 e. The number of hydrogen-bond acceptors (Lipinski definition) is 3. The van der Waals surface area contributed by atoms with Crippen molar-refractivity contribution in [2.75, 3.05) is 18.9 Å². The molecule has 0 amide bonds. The lowest BCUT2D eigenvalue weighted by Crippen LogP contribution is -2.38. The highest BCUT2D eigenvalue weighted by Gasteiger charge is 2.20. The number of hydrogen-bond donors (Lipinski definition) is 1. The van der Waals surface area contributed by atoms with Crippen molar-refractivity contribution in [3.05, 3.63) is 24.2 Å². The summed E-state index contributed by atoms with van der Waals surface area (Å²) in [6.45, 7) is 0.838. The molecule has 1 fully saturated rings. The van der Waals surface area contributed by atoms with Crippen LogP contribution < -0.4 is 10.5 Å². The number of rotatable bonds is 2. The lowest BCUT2D eigenvalue weighted by Gasteiger charge is -2.27. The Morgan fingerprint density at radius 1 is 1.50 bits per heavy atom. The van der Waals surface area contributed by atoms with Gasteiger partial charge in [-0.05, 0) is 12.1 Å². The molecule has 1 saturated heterocycles. The maximum absolute atomic E-state index is 7.63. The monoisotopic (exact) mass is 169 g/mol. The van der Waals surface area contributed by atoms with Gasteiger partial charge >= 0.3 is 0 Å². The molecule has 1 aliphatic rings. The molecule has 0 saturated carbocycles. The fourth-order valence-electron chi connectivity index (χ4n) is 0.852. The van der Waals surface area contributed by atoms with Crippen LogP contribution >= 0.6 is 0 Å². The topological polar surface area (TPSA) is 44.5 Å². The molecule has 3 heteroatoms. The summed E-state index contributed by atoms with van der Waals surface area (Å²) in [4.78, 5) is 0. The zero-order valence-corrected chi connectivity index (χ0v) is 6.39. The molecular formula is C9H11NO2. The number of para-hydroxylation sites is 2. The van der Waals surface area contributed by atoms with Crippen LogP contribution in [-0.4, -0.2) is 19.3 Å². The second-order valence-corrected chi connectivity index (χ2v) is 2.52. The van der Waals surface area contributed by atoms with Gasteiger partial charge in [0, 0.05) is 0 Å². The third kappa shape index (κ3) is 1.36. The molecule has 0 atom stereocenters. The van der Waals surface area contributed by atoms with E-state index in [0.717, 1.165) is 0 Å². The van der Waals surface area contributed by atoms with Crippen LogP contribution in [0.2, 0.25) is 0 Å². The number of ether oxygens (including phenoxy) is 2. The average Bonchev–Trinajstić information content (AvgIpc) is 2.21. The number of nitrogen functional groups attached to an aromatic ring is 1. The molecule has 0 unspecified atom stereocenters. The fraction of sp³-hybridized carbons (Fsp3) is 0.333. The summed E-state index contributed by atoms with van der Waals surface area (Å²) >= 11 is 0. The summed E-state index contributed by atoms with van der Waals surface area (Å²) < 4.78 is 40.3.